The number of nitrogens with zero attached hydrogens (tertiary/aromatic N) is 4. The highest BCUT2D eigenvalue weighted by Crippen LogP contribution is 2.50. The number of halogens is 6. The van der Waals surface area contributed by atoms with Crippen LogP contribution in [-0.4, -0.2) is 77.0 Å². The van der Waals surface area contributed by atoms with Gasteiger partial charge in [-0.1, -0.05) is 354 Å². The van der Waals surface area contributed by atoms with Gasteiger partial charge in [-0.2, -0.15) is 0 Å². The molecular weight excluding hydrogens is 1590 g/mol. The summed E-state index contributed by atoms with van der Waals surface area (Å²) in [6.07, 6.45) is 0. The fourth-order valence-corrected chi connectivity index (χ4v) is 53.1. The van der Waals surface area contributed by atoms with Crippen LogP contribution >= 0.6 is 69.6 Å². The molecule has 6 aromatic carbocycles. The van der Waals surface area contributed by atoms with E-state index < -0.39 is 57.0 Å². The molecule has 0 saturated carbocycles. The topological polar surface area (TPSA) is 51.6 Å². The molecule has 8 aromatic rings. The highest BCUT2D eigenvalue weighted by atomic mass is 35.6. The summed E-state index contributed by atoms with van der Waals surface area (Å²) in [4.78, 5) is 24.7. The first-order valence-corrected chi connectivity index (χ1v) is 58.0. The zero-order chi connectivity index (χ0) is 85.1. The number of aromatic nitrogens is 4. The maximum Gasteiger partial charge on any atom is 0.180 e. The number of hydrogen-bond donors (Lipinski definition) is 0. The summed E-state index contributed by atoms with van der Waals surface area (Å²) >= 11 is 28.8. The average Bonchev–Trinajstić information content (AvgIpc) is 0.688. The molecule has 2 heterocycles. The van der Waals surface area contributed by atoms with Crippen LogP contribution in [0.5, 0.6) is 0 Å². The molecule has 0 atom stereocenters. The quantitative estimate of drug-likeness (QED) is 0.0282. The largest absolute Gasteiger partial charge is 0.242 e. The molecule has 0 aliphatic rings. The van der Waals surface area contributed by atoms with Gasteiger partial charge >= 0.3 is 0 Å². The van der Waals surface area contributed by atoms with E-state index in [0.717, 1.165) is 110 Å². The van der Waals surface area contributed by atoms with Crippen LogP contribution < -0.4 is 0 Å². The standard InChI is InChI=1S/C94H134N4Si6.2CHCl3/c1-57(2)99(58(3)4,59(5)6)47-41-75-53-81-85-82(54-75)92-94(98-90-80(46-52-104(72(31)32,73(33)34)74(35)36)40-38-78(88(90)96-92)44-50-102(66(19)20,67(21)22)68(23)24)84-56-76(42-48-100(60(7)8,61(9)10)62(11)12)55-83(86(84)85)93-91(81)95-87-77(43-49-101(63(13)14,64(15)16)65(17)18)37-39-79(89(87)97-93)45-51-103(69(25)26,70(27)28)71(29)30;2*2-1(3)4/h37-40,53-74H,1-36H3;2*1H. The van der Waals surface area contributed by atoms with Gasteiger partial charge in [0.05, 0.1) is 44.3 Å². The summed E-state index contributed by atoms with van der Waals surface area (Å²) in [6, 6.07) is 18.4. The monoisotopic (exact) mass is 1720 g/mol. The molecule has 16 heteroatoms. The predicted octanol–water partition coefficient (Wildman–Crippen LogP) is 32.2. The first-order valence-electron chi connectivity index (χ1n) is 42.0. The van der Waals surface area contributed by atoms with Crippen molar-refractivity contribution in [3.8, 4) is 68.8 Å². The minimum Gasteiger partial charge on any atom is -0.242 e. The van der Waals surface area contributed by atoms with Gasteiger partial charge in [-0.25, -0.2) is 19.9 Å². The van der Waals surface area contributed by atoms with Gasteiger partial charge in [-0.3, -0.25) is 0 Å². The van der Waals surface area contributed by atoms with E-state index in [0.29, 0.717) is 99.7 Å². The van der Waals surface area contributed by atoms with E-state index in [1.54, 1.807) is 0 Å². The van der Waals surface area contributed by atoms with Crippen LogP contribution in [-0.2, 0) is 0 Å². The maximum absolute atomic E-state index is 6.18. The number of fused-ring (bicyclic) bond motifs is 8. The fourth-order valence-electron chi connectivity index (χ4n) is 21.8. The van der Waals surface area contributed by atoms with Crippen molar-refractivity contribution >= 4 is 194 Å². The van der Waals surface area contributed by atoms with Crippen LogP contribution in [0.2, 0.25) is 99.7 Å². The molecule has 0 unspecified atom stereocenters. The van der Waals surface area contributed by atoms with Crippen molar-refractivity contribution in [2.24, 2.45) is 0 Å². The van der Waals surface area contributed by atoms with Crippen molar-refractivity contribution in [3.05, 3.63) is 81.9 Å². The third kappa shape index (κ3) is 18.7. The summed E-state index contributed by atoms with van der Waals surface area (Å²) in [5.74, 6) is 23.9. The maximum atomic E-state index is 6.18. The van der Waals surface area contributed by atoms with E-state index in [1.165, 1.54) is 0 Å². The van der Waals surface area contributed by atoms with Gasteiger partial charge in [0.25, 0.3) is 0 Å². The van der Waals surface area contributed by atoms with E-state index >= 15 is 0 Å². The van der Waals surface area contributed by atoms with Crippen molar-refractivity contribution in [1.29, 1.82) is 0 Å². The molecule has 0 spiro atoms. The number of alkyl halides is 6. The van der Waals surface area contributed by atoms with Crippen LogP contribution in [0.3, 0.4) is 0 Å². The minimum atomic E-state index is -2.27. The molecule has 8 rings (SSSR count). The Kier molecular flexibility index (Phi) is 33.5. The Labute approximate surface area is 716 Å². The van der Waals surface area contributed by atoms with E-state index in [-0.39, 0.29) is 0 Å². The Morgan fingerprint density at radius 3 is 0.455 bits per heavy atom. The van der Waals surface area contributed by atoms with Crippen LogP contribution in [0.4, 0.5) is 0 Å². The normalized spacial score (nSPS) is 13.0. The SMILES string of the molecule is CC(C)[Si](C#Cc1cc2c3nc4c(C#C[Si](C(C)C)(C(C)C)C(C)C)ccc(C#C[Si](C(C)C)(C(C)C)C(C)C)c4nc3c3cc(C#C[Si](C(C)C)(C(C)C)C(C)C)cc4c5nc6c(C#C[Si](C(C)C)(C(C)C)C(C)C)ccc(C#C[Si](C(C)C)(C(C)C)C(C)C)c6nc5c(c1)c2c34)(C(C)C)C(C)C.ClC(Cl)Cl.ClC(Cl)Cl. The second-order valence-corrected chi connectivity index (χ2v) is 75.3. The molecule has 2 aromatic heterocycles. The molecule has 0 bridgehead atoms. The second-order valence-electron chi connectivity index (χ2n) is 37.8. The van der Waals surface area contributed by atoms with Gasteiger partial charge in [0, 0.05) is 43.4 Å². The Bertz CT molecular complexity index is 4380. The molecule has 0 N–H and O–H groups in total. The lowest BCUT2D eigenvalue weighted by molar-refractivity contribution is 0.838. The number of rotatable bonds is 18. The minimum absolute atomic E-state index is 0.438. The summed E-state index contributed by atoms with van der Waals surface area (Å²) in [5, 5.41) is 6.19. The second kappa shape index (κ2) is 38.8. The molecule has 0 saturated heterocycles. The van der Waals surface area contributed by atoms with E-state index in [1.807, 2.05) is 0 Å². The van der Waals surface area contributed by atoms with Crippen molar-refractivity contribution in [1.82, 2.24) is 19.9 Å². The van der Waals surface area contributed by atoms with Crippen molar-refractivity contribution in [2.45, 2.75) is 358 Å². The van der Waals surface area contributed by atoms with Gasteiger partial charge in [0.15, 0.2) is 8.59 Å². The summed E-state index contributed by atoms with van der Waals surface area (Å²) in [6.45, 7) is 86.7. The Balaban J connectivity index is 0.00000233. The summed E-state index contributed by atoms with van der Waals surface area (Å²) < 4.78 is -1.50. The van der Waals surface area contributed by atoms with Gasteiger partial charge in [-0.15, -0.1) is 33.3 Å². The van der Waals surface area contributed by atoms with Crippen molar-refractivity contribution < 1.29 is 0 Å². The highest BCUT2D eigenvalue weighted by molar-refractivity contribution is 6.93. The van der Waals surface area contributed by atoms with Crippen LogP contribution in [0, 0.1) is 68.8 Å². The summed E-state index contributed by atoms with van der Waals surface area (Å²) in [5.41, 5.74) is 45.1. The third-order valence-electron chi connectivity index (χ3n) is 26.9. The molecule has 4 nitrogen and oxygen atoms in total. The zero-order valence-electron chi connectivity index (χ0n) is 75.2. The van der Waals surface area contributed by atoms with Gasteiger partial charge in [0.1, 0.15) is 70.5 Å². The molecule has 0 amide bonds. The smallest absolute Gasteiger partial charge is 0.180 e. The van der Waals surface area contributed by atoms with E-state index in [4.69, 9.17) is 89.5 Å². The van der Waals surface area contributed by atoms with E-state index in [2.05, 4.69) is 367 Å². The first-order chi connectivity index (χ1) is 51.8. The lowest BCUT2D eigenvalue weighted by Crippen LogP contribution is -2.43. The Morgan fingerprint density at radius 2 is 0.330 bits per heavy atom. The third-order valence-corrected chi connectivity index (χ3v) is 64.6. The Hall–Kier alpha value is -4.04. The van der Waals surface area contributed by atoms with Crippen LogP contribution in [0.25, 0.3) is 76.5 Å². The zero-order valence-corrected chi connectivity index (χ0v) is 85.8. The molecule has 0 aliphatic heterocycles. The Morgan fingerprint density at radius 1 is 0.205 bits per heavy atom. The number of hydrogen-bond acceptors (Lipinski definition) is 4. The molecule has 606 valence electrons. The van der Waals surface area contributed by atoms with Crippen LogP contribution in [0.15, 0.2) is 48.5 Å². The molecular formula is C96H136Cl6N4Si6. The van der Waals surface area contributed by atoms with Crippen molar-refractivity contribution in [2.75, 3.05) is 0 Å². The van der Waals surface area contributed by atoms with Crippen molar-refractivity contribution in [3.63, 3.8) is 0 Å². The molecule has 0 radical (unpaired) electrons. The fraction of sp³-hybridized carbons (Fsp3) is 0.583. The predicted molar refractivity (Wildman–Crippen MR) is 522 cm³/mol. The van der Waals surface area contributed by atoms with E-state index in [9.17, 15) is 0 Å². The van der Waals surface area contributed by atoms with Gasteiger partial charge in [-0.05, 0) is 148 Å². The first kappa shape index (κ1) is 96.8. The molecule has 112 heavy (non-hydrogen) atoms. The molecule has 0 fully saturated rings. The summed E-state index contributed by atoms with van der Waals surface area (Å²) in [7, 11) is -13.5. The number of benzene rings is 6. The molecule has 0 aliphatic carbocycles. The van der Waals surface area contributed by atoms with Crippen LogP contribution in [0.1, 0.15) is 283 Å². The average molecular weight is 1730 g/mol. The van der Waals surface area contributed by atoms with Gasteiger partial charge in [0.2, 0.25) is 0 Å². The lowest BCUT2D eigenvalue weighted by atomic mass is 9.88. The van der Waals surface area contributed by atoms with Gasteiger partial charge < -0.3 is 0 Å². The lowest BCUT2D eigenvalue weighted by Gasteiger charge is -2.38. The highest BCUT2D eigenvalue weighted by Gasteiger charge is 2.47.